The molecule has 0 aliphatic heterocycles. The molecular weight excluding hydrogens is 194 g/mol. The molecule has 82 valence electrons. The first-order valence-corrected chi connectivity index (χ1v) is 5.87. The summed E-state index contributed by atoms with van der Waals surface area (Å²) in [5, 5.41) is 0. The fourth-order valence-electron chi connectivity index (χ4n) is 3.17. The van der Waals surface area contributed by atoms with Gasteiger partial charge in [0.15, 0.2) is 0 Å². The van der Waals surface area contributed by atoms with E-state index < -0.39 is 0 Å². The lowest BCUT2D eigenvalue weighted by molar-refractivity contribution is 0.606. The molecule has 1 aromatic carbocycles. The molecule has 0 radical (unpaired) electrons. The topological polar surface area (TPSA) is 26.0 Å². The van der Waals surface area contributed by atoms with Crippen LogP contribution in [0.4, 0.5) is 0 Å². The molecule has 0 aromatic heterocycles. The predicted molar refractivity (Wildman–Crippen MR) is 67.2 cm³/mol. The van der Waals surface area contributed by atoms with Crippen LogP contribution in [0, 0.1) is 0 Å². The van der Waals surface area contributed by atoms with Crippen LogP contribution in [0.3, 0.4) is 0 Å². The third-order valence-electron chi connectivity index (χ3n) is 4.02. The van der Waals surface area contributed by atoms with E-state index >= 15 is 0 Å². The summed E-state index contributed by atoms with van der Waals surface area (Å²) in [5.41, 5.74) is 11.6. The molecule has 0 heterocycles. The Balaban J connectivity index is 2.23. The van der Waals surface area contributed by atoms with Crippen LogP contribution in [0.1, 0.15) is 37.3 Å². The Hall–Kier alpha value is -1.50. The van der Waals surface area contributed by atoms with E-state index in [1.165, 1.54) is 16.7 Å². The fourth-order valence-corrected chi connectivity index (χ4v) is 3.17. The molecule has 1 unspecified atom stereocenters. The Kier molecular flexibility index (Phi) is 1.82. The summed E-state index contributed by atoms with van der Waals surface area (Å²) in [7, 11) is 0. The average Bonchev–Trinajstić information content (AvgIpc) is 2.49. The Labute approximate surface area is 96.7 Å². The van der Waals surface area contributed by atoms with Crippen LogP contribution in [-0.4, -0.2) is 0 Å². The number of allylic oxidation sites excluding steroid dienone is 4. The van der Waals surface area contributed by atoms with Crippen molar-refractivity contribution in [3.8, 4) is 0 Å². The van der Waals surface area contributed by atoms with Gasteiger partial charge in [0, 0.05) is 17.0 Å². The normalized spacial score (nSPS) is 25.5. The fraction of sp³-hybridized carbons (Fsp3) is 0.333. The Morgan fingerprint density at radius 3 is 2.75 bits per heavy atom. The molecule has 2 N–H and O–H groups in total. The molecule has 1 atom stereocenters. The van der Waals surface area contributed by atoms with E-state index in [9.17, 15) is 0 Å². The third kappa shape index (κ3) is 1.12. The van der Waals surface area contributed by atoms with Crippen LogP contribution < -0.4 is 5.73 Å². The van der Waals surface area contributed by atoms with Gasteiger partial charge in [-0.1, -0.05) is 49.8 Å². The van der Waals surface area contributed by atoms with Gasteiger partial charge in [-0.25, -0.2) is 0 Å². The van der Waals surface area contributed by atoms with E-state index in [-0.39, 0.29) is 5.41 Å². The van der Waals surface area contributed by atoms with Gasteiger partial charge < -0.3 is 5.73 Å². The maximum Gasteiger partial charge on any atom is 0.0117 e. The second-order valence-electron chi connectivity index (χ2n) is 5.33. The lowest BCUT2D eigenvalue weighted by atomic mass is 9.78. The van der Waals surface area contributed by atoms with E-state index in [0.29, 0.717) is 5.92 Å². The van der Waals surface area contributed by atoms with Gasteiger partial charge in [-0.05, 0) is 23.6 Å². The largest absolute Gasteiger partial charge is 0.402 e. The van der Waals surface area contributed by atoms with Gasteiger partial charge in [-0.15, -0.1) is 0 Å². The van der Waals surface area contributed by atoms with Crippen molar-refractivity contribution >= 4 is 0 Å². The van der Waals surface area contributed by atoms with Gasteiger partial charge in [0.1, 0.15) is 0 Å². The third-order valence-corrected chi connectivity index (χ3v) is 4.02. The first-order chi connectivity index (χ1) is 7.60. The van der Waals surface area contributed by atoms with Gasteiger partial charge in [-0.2, -0.15) is 0 Å². The van der Waals surface area contributed by atoms with Crippen LogP contribution in [0.15, 0.2) is 47.7 Å². The summed E-state index contributed by atoms with van der Waals surface area (Å²) in [6, 6.07) is 8.77. The molecule has 0 saturated carbocycles. The van der Waals surface area contributed by atoms with Crippen molar-refractivity contribution in [2.24, 2.45) is 5.73 Å². The smallest absolute Gasteiger partial charge is 0.0117 e. The van der Waals surface area contributed by atoms with Crippen molar-refractivity contribution in [1.82, 2.24) is 0 Å². The molecule has 1 heteroatoms. The molecule has 0 saturated heterocycles. The standard InChI is InChI=1S/C15H17N/c1-15(2)13-6-4-3-5-11(13)12-9-10(16)7-8-14(12)15/h3-8,12H,9,16H2,1-2H3. The lowest BCUT2D eigenvalue weighted by Crippen LogP contribution is -2.18. The first kappa shape index (κ1) is 9.71. The number of benzene rings is 1. The Morgan fingerprint density at radius 2 is 1.94 bits per heavy atom. The van der Waals surface area contributed by atoms with Gasteiger partial charge >= 0.3 is 0 Å². The zero-order valence-electron chi connectivity index (χ0n) is 9.83. The predicted octanol–water partition coefficient (Wildman–Crippen LogP) is 3.23. The summed E-state index contributed by atoms with van der Waals surface area (Å²) in [4.78, 5) is 0. The van der Waals surface area contributed by atoms with Crippen LogP contribution in [0.2, 0.25) is 0 Å². The molecule has 2 aliphatic carbocycles. The minimum Gasteiger partial charge on any atom is -0.402 e. The van der Waals surface area contributed by atoms with E-state index in [1.807, 2.05) is 0 Å². The van der Waals surface area contributed by atoms with Crippen molar-refractivity contribution in [1.29, 1.82) is 0 Å². The molecule has 1 aromatic rings. The molecule has 0 bridgehead atoms. The summed E-state index contributed by atoms with van der Waals surface area (Å²) in [6.45, 7) is 4.63. The summed E-state index contributed by atoms with van der Waals surface area (Å²) in [6.07, 6.45) is 5.27. The molecule has 2 aliphatic rings. The van der Waals surface area contributed by atoms with Gasteiger partial charge in [0.25, 0.3) is 0 Å². The zero-order chi connectivity index (χ0) is 11.3. The minimum atomic E-state index is 0.165. The summed E-state index contributed by atoms with van der Waals surface area (Å²) in [5.74, 6) is 0.510. The van der Waals surface area contributed by atoms with E-state index in [4.69, 9.17) is 5.73 Å². The molecule has 0 amide bonds. The van der Waals surface area contributed by atoms with Crippen molar-refractivity contribution in [2.45, 2.75) is 31.6 Å². The highest BCUT2D eigenvalue weighted by molar-refractivity contribution is 5.56. The number of hydrogen-bond donors (Lipinski definition) is 1. The Bertz CT molecular complexity index is 506. The molecule has 0 fully saturated rings. The van der Waals surface area contributed by atoms with Crippen molar-refractivity contribution < 1.29 is 0 Å². The molecular formula is C15H17N. The van der Waals surface area contributed by atoms with Gasteiger partial charge in [0.2, 0.25) is 0 Å². The SMILES string of the molecule is CC1(C)C2=CC=C(N)CC2c2ccccc21. The van der Waals surface area contributed by atoms with E-state index in [1.54, 1.807) is 0 Å². The highest BCUT2D eigenvalue weighted by Crippen LogP contribution is 2.52. The number of fused-ring (bicyclic) bond motifs is 3. The van der Waals surface area contributed by atoms with E-state index in [2.05, 4.69) is 50.3 Å². The van der Waals surface area contributed by atoms with Gasteiger partial charge in [0.05, 0.1) is 0 Å². The molecule has 0 spiro atoms. The number of hydrogen-bond acceptors (Lipinski definition) is 1. The minimum absolute atomic E-state index is 0.165. The molecule has 1 nitrogen and oxygen atoms in total. The van der Waals surface area contributed by atoms with Crippen LogP contribution in [0.25, 0.3) is 0 Å². The van der Waals surface area contributed by atoms with Crippen LogP contribution >= 0.6 is 0 Å². The maximum atomic E-state index is 5.95. The first-order valence-electron chi connectivity index (χ1n) is 5.87. The quantitative estimate of drug-likeness (QED) is 0.700. The van der Waals surface area contributed by atoms with Crippen LogP contribution in [-0.2, 0) is 5.41 Å². The summed E-state index contributed by atoms with van der Waals surface area (Å²) >= 11 is 0. The molecule has 3 rings (SSSR count). The van der Waals surface area contributed by atoms with Crippen LogP contribution in [0.5, 0.6) is 0 Å². The van der Waals surface area contributed by atoms with Crippen molar-refractivity contribution in [2.75, 3.05) is 0 Å². The van der Waals surface area contributed by atoms with Gasteiger partial charge in [-0.3, -0.25) is 0 Å². The highest BCUT2D eigenvalue weighted by Gasteiger charge is 2.41. The molecule has 16 heavy (non-hydrogen) atoms. The lowest BCUT2D eigenvalue weighted by Gasteiger charge is -2.26. The highest BCUT2D eigenvalue weighted by atomic mass is 14.6. The summed E-state index contributed by atoms with van der Waals surface area (Å²) < 4.78 is 0. The monoisotopic (exact) mass is 211 g/mol. The maximum absolute atomic E-state index is 5.95. The number of rotatable bonds is 0. The van der Waals surface area contributed by atoms with Crippen molar-refractivity contribution in [3.05, 3.63) is 58.8 Å². The number of nitrogens with two attached hydrogens (primary N) is 1. The second-order valence-corrected chi connectivity index (χ2v) is 5.33. The zero-order valence-corrected chi connectivity index (χ0v) is 9.83. The second kappa shape index (κ2) is 3.00. The average molecular weight is 211 g/mol. The van der Waals surface area contributed by atoms with Crippen molar-refractivity contribution in [3.63, 3.8) is 0 Å². The Morgan fingerprint density at radius 1 is 1.19 bits per heavy atom. The van der Waals surface area contributed by atoms with E-state index in [0.717, 1.165) is 12.1 Å².